The monoisotopic (exact) mass is 336 g/mol. The van der Waals surface area contributed by atoms with E-state index in [0.717, 1.165) is 6.42 Å². The minimum Gasteiger partial charge on any atom is -0.511 e. The molecule has 1 fully saturated rings. The second-order valence-electron chi connectivity index (χ2n) is 8.10. The van der Waals surface area contributed by atoms with Crippen molar-refractivity contribution in [2.24, 2.45) is 29.6 Å². The average Bonchev–Trinajstić information content (AvgIpc) is 2.72. The van der Waals surface area contributed by atoms with Gasteiger partial charge in [0.05, 0.1) is 11.5 Å². The number of rotatable bonds is 8. The molecule has 1 rings (SSSR count). The Kier molecular flexibility index (Phi) is 7.37. The topological polar surface area (TPSA) is 71.4 Å². The van der Waals surface area contributed by atoms with Crippen LogP contribution in [0, 0.1) is 29.6 Å². The van der Waals surface area contributed by atoms with Crippen LogP contribution in [0.4, 0.5) is 0 Å². The lowest BCUT2D eigenvalue weighted by molar-refractivity contribution is -0.133. The minimum absolute atomic E-state index is 0.123. The molecule has 2 unspecified atom stereocenters. The molecule has 1 saturated carbocycles. The molecule has 0 aromatic rings. The van der Waals surface area contributed by atoms with E-state index >= 15 is 0 Å². The number of Topliss-reactive ketones (excluding diaryl/α,β-unsaturated/α-hetero) is 3. The number of aliphatic hydroxyl groups excluding tert-OH is 1. The quantitative estimate of drug-likeness (QED) is 0.311. The van der Waals surface area contributed by atoms with Crippen LogP contribution in [0.1, 0.15) is 67.2 Å². The summed E-state index contributed by atoms with van der Waals surface area (Å²) in [7, 11) is 0. The Balaban J connectivity index is 3.15. The smallest absolute Gasteiger partial charge is 0.181 e. The summed E-state index contributed by atoms with van der Waals surface area (Å²) >= 11 is 0. The Labute approximate surface area is 145 Å². The molecule has 0 saturated heterocycles. The number of carbonyl (C=O) groups is 3. The van der Waals surface area contributed by atoms with Crippen LogP contribution in [0.5, 0.6) is 0 Å². The van der Waals surface area contributed by atoms with E-state index in [1.54, 1.807) is 13.8 Å². The van der Waals surface area contributed by atoms with E-state index < -0.39 is 17.6 Å². The normalized spacial score (nSPS) is 23.7. The van der Waals surface area contributed by atoms with Crippen LogP contribution in [0.2, 0.25) is 0 Å². The van der Waals surface area contributed by atoms with Gasteiger partial charge in [0, 0.05) is 18.3 Å². The molecule has 0 aliphatic heterocycles. The van der Waals surface area contributed by atoms with Gasteiger partial charge in [-0.25, -0.2) is 0 Å². The molecule has 4 heteroatoms. The number of hydrogen-bond donors (Lipinski definition) is 1. The molecular weight excluding hydrogens is 304 g/mol. The maximum Gasteiger partial charge on any atom is 0.181 e. The Morgan fingerprint density at radius 3 is 1.96 bits per heavy atom. The molecule has 24 heavy (non-hydrogen) atoms. The first-order valence-electron chi connectivity index (χ1n) is 9.12. The third kappa shape index (κ3) is 4.78. The van der Waals surface area contributed by atoms with Gasteiger partial charge in [-0.15, -0.1) is 0 Å². The van der Waals surface area contributed by atoms with Crippen LogP contribution in [-0.4, -0.2) is 22.5 Å². The second-order valence-corrected chi connectivity index (χ2v) is 8.10. The van der Waals surface area contributed by atoms with Gasteiger partial charge in [-0.2, -0.15) is 0 Å². The molecule has 0 bridgehead atoms. The maximum atomic E-state index is 12.7. The zero-order chi connectivity index (χ0) is 18.6. The molecule has 0 aromatic heterocycles. The standard InChI is InChI=1S/C20H32O4/c1-11(2)7-9-14-16(15(21)10-8-12(3)4)20(24)17(19(14)23)18(22)13(5)6/h11-14,16,22H,7-10H2,1-6H3. The Morgan fingerprint density at radius 2 is 1.50 bits per heavy atom. The number of carbonyl (C=O) groups excluding carboxylic acids is 3. The molecule has 4 nitrogen and oxygen atoms in total. The lowest BCUT2D eigenvalue weighted by Crippen LogP contribution is -2.27. The molecule has 1 aliphatic carbocycles. The first-order chi connectivity index (χ1) is 11.1. The van der Waals surface area contributed by atoms with E-state index in [4.69, 9.17) is 0 Å². The highest BCUT2D eigenvalue weighted by molar-refractivity contribution is 6.32. The lowest BCUT2D eigenvalue weighted by Gasteiger charge is -2.17. The number of aliphatic hydroxyl groups is 1. The van der Waals surface area contributed by atoms with Gasteiger partial charge in [0.2, 0.25) is 0 Å². The maximum absolute atomic E-state index is 12.7. The number of allylic oxidation sites excluding steroid dienone is 2. The lowest BCUT2D eigenvalue weighted by atomic mass is 9.84. The summed E-state index contributed by atoms with van der Waals surface area (Å²) < 4.78 is 0. The van der Waals surface area contributed by atoms with Gasteiger partial charge in [-0.05, 0) is 24.7 Å². The molecule has 0 aromatic carbocycles. The Bertz CT molecular complexity index is 526. The van der Waals surface area contributed by atoms with Crippen LogP contribution < -0.4 is 0 Å². The first kappa shape index (κ1) is 20.6. The molecule has 0 radical (unpaired) electrons. The highest BCUT2D eigenvalue weighted by Crippen LogP contribution is 2.37. The van der Waals surface area contributed by atoms with E-state index in [9.17, 15) is 19.5 Å². The largest absolute Gasteiger partial charge is 0.511 e. The van der Waals surface area contributed by atoms with Crippen molar-refractivity contribution in [1.82, 2.24) is 0 Å². The van der Waals surface area contributed by atoms with Crippen molar-refractivity contribution in [3.05, 3.63) is 11.3 Å². The molecule has 0 amide bonds. The summed E-state index contributed by atoms with van der Waals surface area (Å²) in [6.45, 7) is 11.6. The van der Waals surface area contributed by atoms with Gasteiger partial charge in [0.25, 0.3) is 0 Å². The Morgan fingerprint density at radius 1 is 0.958 bits per heavy atom. The van der Waals surface area contributed by atoms with E-state index in [-0.39, 0.29) is 28.8 Å². The molecule has 136 valence electrons. The molecule has 0 heterocycles. The summed E-state index contributed by atoms with van der Waals surface area (Å²) in [6, 6.07) is 0. The van der Waals surface area contributed by atoms with Crippen LogP contribution >= 0.6 is 0 Å². The fraction of sp³-hybridized carbons (Fsp3) is 0.750. The van der Waals surface area contributed by atoms with Gasteiger partial charge < -0.3 is 5.11 Å². The van der Waals surface area contributed by atoms with E-state index in [1.807, 2.05) is 13.8 Å². The molecular formula is C20H32O4. The zero-order valence-electron chi connectivity index (χ0n) is 15.9. The average molecular weight is 336 g/mol. The summed E-state index contributed by atoms with van der Waals surface area (Å²) in [5.74, 6) is -2.16. The molecule has 0 spiro atoms. The zero-order valence-corrected chi connectivity index (χ0v) is 15.9. The van der Waals surface area contributed by atoms with Gasteiger partial charge in [0.15, 0.2) is 11.6 Å². The second kappa shape index (κ2) is 8.59. The molecule has 2 atom stereocenters. The predicted octanol–water partition coefficient (Wildman–Crippen LogP) is 4.28. The summed E-state index contributed by atoms with van der Waals surface area (Å²) in [5.41, 5.74) is -0.123. The van der Waals surface area contributed by atoms with Crippen LogP contribution in [0.25, 0.3) is 0 Å². The van der Waals surface area contributed by atoms with E-state index in [2.05, 4.69) is 13.8 Å². The first-order valence-corrected chi connectivity index (χ1v) is 9.12. The highest BCUT2D eigenvalue weighted by atomic mass is 16.3. The van der Waals surface area contributed by atoms with Crippen molar-refractivity contribution in [3.8, 4) is 0 Å². The van der Waals surface area contributed by atoms with Gasteiger partial charge in [-0.1, -0.05) is 48.0 Å². The van der Waals surface area contributed by atoms with Crippen LogP contribution in [0.15, 0.2) is 11.3 Å². The Hall–Kier alpha value is -1.45. The van der Waals surface area contributed by atoms with E-state index in [1.165, 1.54) is 0 Å². The molecule has 1 N–H and O–H groups in total. The van der Waals surface area contributed by atoms with Gasteiger partial charge >= 0.3 is 0 Å². The third-order valence-electron chi connectivity index (χ3n) is 4.69. The van der Waals surface area contributed by atoms with Crippen molar-refractivity contribution >= 4 is 17.3 Å². The minimum atomic E-state index is -0.897. The van der Waals surface area contributed by atoms with Crippen molar-refractivity contribution in [2.45, 2.75) is 67.2 Å². The fourth-order valence-corrected chi connectivity index (χ4v) is 3.11. The van der Waals surface area contributed by atoms with Crippen LogP contribution in [-0.2, 0) is 14.4 Å². The van der Waals surface area contributed by atoms with Crippen molar-refractivity contribution in [3.63, 3.8) is 0 Å². The summed E-state index contributed by atoms with van der Waals surface area (Å²) in [4.78, 5) is 38.1. The number of hydrogen-bond acceptors (Lipinski definition) is 4. The van der Waals surface area contributed by atoms with Crippen molar-refractivity contribution in [2.75, 3.05) is 0 Å². The van der Waals surface area contributed by atoms with Crippen molar-refractivity contribution in [1.29, 1.82) is 0 Å². The van der Waals surface area contributed by atoms with Crippen molar-refractivity contribution < 1.29 is 19.5 Å². The molecule has 1 aliphatic rings. The van der Waals surface area contributed by atoms with E-state index in [0.29, 0.717) is 31.1 Å². The highest BCUT2D eigenvalue weighted by Gasteiger charge is 2.50. The third-order valence-corrected chi connectivity index (χ3v) is 4.69. The predicted molar refractivity (Wildman–Crippen MR) is 94.6 cm³/mol. The fourth-order valence-electron chi connectivity index (χ4n) is 3.11. The van der Waals surface area contributed by atoms with Gasteiger partial charge in [0.1, 0.15) is 11.5 Å². The number of ketones is 3. The van der Waals surface area contributed by atoms with Crippen LogP contribution in [0.3, 0.4) is 0 Å². The summed E-state index contributed by atoms with van der Waals surface area (Å²) in [5, 5.41) is 10.2. The van der Waals surface area contributed by atoms with Gasteiger partial charge in [-0.3, -0.25) is 14.4 Å². The SMILES string of the molecule is CC(C)CCC(=O)C1C(=O)C(=C(O)C(C)C)C(=O)C1CCC(C)C. The summed E-state index contributed by atoms with van der Waals surface area (Å²) in [6.07, 6.45) is 2.33.